The fraction of sp³-hybridized carbons (Fsp3) is 0.333. The van der Waals surface area contributed by atoms with Crippen LogP contribution in [-0.4, -0.2) is 36.4 Å². The Morgan fingerprint density at radius 1 is 1.16 bits per heavy atom. The third-order valence-corrected chi connectivity index (χ3v) is 3.88. The number of amides is 1. The van der Waals surface area contributed by atoms with Crippen LogP contribution in [0.5, 0.6) is 0 Å². The summed E-state index contributed by atoms with van der Waals surface area (Å²) in [5, 5.41) is 2.78. The number of carbonyl (C=O) groups excluding carboxylic acids is 1. The Hall–Kier alpha value is -2.41. The molecule has 1 aromatic heterocycles. The molecule has 1 N–H and O–H groups in total. The van der Waals surface area contributed by atoms with E-state index < -0.39 is 17.8 Å². The first kappa shape index (κ1) is 18.9. The van der Waals surface area contributed by atoms with Crippen LogP contribution in [0.1, 0.15) is 33.4 Å². The highest BCUT2D eigenvalue weighted by Gasteiger charge is 2.33. The average Bonchev–Trinajstić information content (AvgIpc) is 2.54. The number of carbonyl (C=O) groups is 1. The van der Waals surface area contributed by atoms with Crippen LogP contribution < -0.4 is 5.32 Å². The normalized spacial score (nSPS) is 12.9. The molecule has 2 rings (SSSR count). The summed E-state index contributed by atoms with van der Waals surface area (Å²) < 4.78 is 38.0. The van der Waals surface area contributed by atoms with E-state index in [9.17, 15) is 18.0 Å². The van der Waals surface area contributed by atoms with Gasteiger partial charge in [0.05, 0.1) is 17.3 Å². The molecule has 7 heteroatoms. The average molecular weight is 351 g/mol. The van der Waals surface area contributed by atoms with Crippen molar-refractivity contribution < 1.29 is 18.0 Å². The van der Waals surface area contributed by atoms with E-state index in [-0.39, 0.29) is 17.3 Å². The van der Waals surface area contributed by atoms with Crippen molar-refractivity contribution in [3.05, 3.63) is 65.0 Å². The maximum absolute atomic E-state index is 12.7. The molecular formula is C18H20F3N3O. The number of hydrogen-bond acceptors (Lipinski definition) is 3. The van der Waals surface area contributed by atoms with Gasteiger partial charge >= 0.3 is 6.18 Å². The van der Waals surface area contributed by atoms with Crippen LogP contribution in [0.3, 0.4) is 0 Å². The Labute approximate surface area is 144 Å². The van der Waals surface area contributed by atoms with Crippen LogP contribution in [-0.2, 0) is 6.18 Å². The molecule has 1 amide bonds. The maximum atomic E-state index is 12.7. The molecular weight excluding hydrogens is 331 g/mol. The highest BCUT2D eigenvalue weighted by Crippen LogP contribution is 2.28. The minimum absolute atomic E-state index is 0.0483. The lowest BCUT2D eigenvalue weighted by molar-refractivity contribution is -0.141. The number of aromatic nitrogens is 1. The van der Waals surface area contributed by atoms with E-state index >= 15 is 0 Å². The van der Waals surface area contributed by atoms with Gasteiger partial charge in [0.25, 0.3) is 5.91 Å². The zero-order chi connectivity index (χ0) is 18.6. The molecule has 0 radical (unpaired) electrons. The van der Waals surface area contributed by atoms with E-state index in [0.29, 0.717) is 6.54 Å². The van der Waals surface area contributed by atoms with Crippen molar-refractivity contribution in [3.8, 4) is 0 Å². The van der Waals surface area contributed by atoms with Gasteiger partial charge in [-0.15, -0.1) is 0 Å². The lowest BCUT2D eigenvalue weighted by Gasteiger charge is -2.25. The Bertz CT molecular complexity index is 730. The number of nitrogens with one attached hydrogen (secondary N) is 1. The maximum Gasteiger partial charge on any atom is 0.433 e. The third-order valence-electron chi connectivity index (χ3n) is 3.88. The first-order chi connectivity index (χ1) is 11.7. The molecule has 0 saturated carbocycles. The SMILES string of the molecule is Cc1nc(C(F)(F)F)ccc1C(=O)NCC(c1ccccc1)N(C)C. The lowest BCUT2D eigenvalue weighted by atomic mass is 10.1. The highest BCUT2D eigenvalue weighted by molar-refractivity contribution is 5.95. The van der Waals surface area contributed by atoms with Crippen molar-refractivity contribution in [1.29, 1.82) is 0 Å². The minimum Gasteiger partial charge on any atom is -0.350 e. The van der Waals surface area contributed by atoms with Gasteiger partial charge in [-0.05, 0) is 38.7 Å². The largest absolute Gasteiger partial charge is 0.433 e. The summed E-state index contributed by atoms with van der Waals surface area (Å²) in [6.07, 6.45) is -4.52. The van der Waals surface area contributed by atoms with E-state index in [1.165, 1.54) is 6.92 Å². The molecule has 1 atom stereocenters. The van der Waals surface area contributed by atoms with Crippen LogP contribution in [0.25, 0.3) is 0 Å². The number of nitrogens with zero attached hydrogens (tertiary/aromatic N) is 2. The number of aryl methyl sites for hydroxylation is 1. The molecule has 0 aliphatic carbocycles. The summed E-state index contributed by atoms with van der Waals surface area (Å²) in [6.45, 7) is 1.72. The fourth-order valence-corrected chi connectivity index (χ4v) is 2.52. The number of likely N-dealkylation sites (N-methyl/N-ethyl adjacent to an activating group) is 1. The molecule has 2 aromatic rings. The summed E-state index contributed by atoms with van der Waals surface area (Å²) in [6, 6.07) is 11.6. The van der Waals surface area contributed by atoms with Crippen molar-refractivity contribution in [3.63, 3.8) is 0 Å². The minimum atomic E-state index is -4.52. The quantitative estimate of drug-likeness (QED) is 0.898. The number of halogens is 3. The zero-order valence-corrected chi connectivity index (χ0v) is 14.3. The number of hydrogen-bond donors (Lipinski definition) is 1. The van der Waals surface area contributed by atoms with E-state index in [2.05, 4.69) is 10.3 Å². The molecule has 4 nitrogen and oxygen atoms in total. The van der Waals surface area contributed by atoms with Gasteiger partial charge < -0.3 is 10.2 Å². The molecule has 25 heavy (non-hydrogen) atoms. The van der Waals surface area contributed by atoms with Gasteiger partial charge in [-0.25, -0.2) is 4.98 Å². The second-order valence-corrected chi connectivity index (χ2v) is 5.93. The Kier molecular flexibility index (Phi) is 5.79. The second kappa shape index (κ2) is 7.65. The number of benzene rings is 1. The molecule has 0 spiro atoms. The van der Waals surface area contributed by atoms with Crippen LogP contribution in [0.15, 0.2) is 42.5 Å². The van der Waals surface area contributed by atoms with E-state index in [1.807, 2.05) is 49.3 Å². The van der Waals surface area contributed by atoms with Gasteiger partial charge in [0, 0.05) is 6.54 Å². The summed E-state index contributed by atoms with van der Waals surface area (Å²) >= 11 is 0. The summed E-state index contributed by atoms with van der Waals surface area (Å²) in [4.78, 5) is 17.8. The molecule has 1 unspecified atom stereocenters. The highest BCUT2D eigenvalue weighted by atomic mass is 19.4. The van der Waals surface area contributed by atoms with Crippen LogP contribution in [0, 0.1) is 6.92 Å². The van der Waals surface area contributed by atoms with Crippen molar-refractivity contribution in [2.75, 3.05) is 20.6 Å². The molecule has 1 aromatic carbocycles. The standard InChI is InChI=1S/C18H20F3N3O/c1-12-14(9-10-16(23-12)18(19,20)21)17(25)22-11-15(24(2)3)13-7-5-4-6-8-13/h4-10,15H,11H2,1-3H3,(H,22,25). The molecule has 0 fully saturated rings. The summed E-state index contributed by atoms with van der Waals surface area (Å²) in [5.74, 6) is -0.443. The number of rotatable bonds is 5. The second-order valence-electron chi connectivity index (χ2n) is 5.93. The van der Waals surface area contributed by atoms with Crippen molar-refractivity contribution >= 4 is 5.91 Å². The molecule has 0 saturated heterocycles. The van der Waals surface area contributed by atoms with Crippen LogP contribution in [0.2, 0.25) is 0 Å². The van der Waals surface area contributed by atoms with Crippen LogP contribution >= 0.6 is 0 Å². The van der Waals surface area contributed by atoms with Gasteiger partial charge in [-0.2, -0.15) is 13.2 Å². The zero-order valence-electron chi connectivity index (χ0n) is 14.3. The predicted octanol–water partition coefficient (Wildman–Crippen LogP) is 3.44. The summed E-state index contributed by atoms with van der Waals surface area (Å²) in [7, 11) is 3.80. The molecule has 0 bridgehead atoms. The molecule has 1 heterocycles. The third kappa shape index (κ3) is 4.79. The smallest absolute Gasteiger partial charge is 0.350 e. The topological polar surface area (TPSA) is 45.2 Å². The van der Waals surface area contributed by atoms with Crippen molar-refractivity contribution in [1.82, 2.24) is 15.2 Å². The Morgan fingerprint density at radius 2 is 1.80 bits per heavy atom. The Morgan fingerprint density at radius 3 is 2.32 bits per heavy atom. The van der Waals surface area contributed by atoms with E-state index in [4.69, 9.17) is 0 Å². The van der Waals surface area contributed by atoms with Crippen molar-refractivity contribution in [2.24, 2.45) is 0 Å². The lowest BCUT2D eigenvalue weighted by Crippen LogP contribution is -2.35. The van der Waals surface area contributed by atoms with E-state index in [0.717, 1.165) is 17.7 Å². The summed E-state index contributed by atoms with van der Waals surface area (Å²) in [5.41, 5.74) is 0.221. The molecule has 134 valence electrons. The number of alkyl halides is 3. The fourth-order valence-electron chi connectivity index (χ4n) is 2.52. The van der Waals surface area contributed by atoms with Crippen molar-refractivity contribution in [2.45, 2.75) is 19.1 Å². The van der Waals surface area contributed by atoms with Gasteiger partial charge in [-0.1, -0.05) is 30.3 Å². The monoisotopic (exact) mass is 351 g/mol. The predicted molar refractivity (Wildman–Crippen MR) is 89.2 cm³/mol. The van der Waals surface area contributed by atoms with Crippen LogP contribution in [0.4, 0.5) is 13.2 Å². The first-order valence-electron chi connectivity index (χ1n) is 7.74. The van der Waals surface area contributed by atoms with Gasteiger partial charge in [0.1, 0.15) is 5.69 Å². The number of pyridine rings is 1. The Balaban J connectivity index is 2.11. The van der Waals surface area contributed by atoms with Gasteiger partial charge in [0.15, 0.2) is 0 Å². The van der Waals surface area contributed by atoms with E-state index in [1.54, 1.807) is 0 Å². The molecule has 0 aliphatic heterocycles. The molecule has 0 aliphatic rings. The van der Waals surface area contributed by atoms with Gasteiger partial charge in [0.2, 0.25) is 0 Å². The first-order valence-corrected chi connectivity index (χ1v) is 7.74. The van der Waals surface area contributed by atoms with Gasteiger partial charge in [-0.3, -0.25) is 4.79 Å².